The predicted molar refractivity (Wildman–Crippen MR) is 47.2 cm³/mol. The van der Waals surface area contributed by atoms with Gasteiger partial charge < -0.3 is 5.11 Å². The number of rotatable bonds is 4. The molecule has 0 bridgehead atoms. The van der Waals surface area contributed by atoms with Crippen LogP contribution in [0.4, 0.5) is 0 Å². The highest BCUT2D eigenvalue weighted by Crippen LogP contribution is 1.94. The molecule has 0 aromatic heterocycles. The van der Waals surface area contributed by atoms with E-state index in [1.54, 1.807) is 0 Å². The second-order valence-corrected chi connectivity index (χ2v) is 2.71. The first kappa shape index (κ1) is 10.5. The fraction of sp³-hybridized carbons (Fsp3) is 0.778. The molecule has 0 rings (SSSR count). The molecular weight excluding hydrogens is 138 g/mol. The number of hydrogen-bond donors (Lipinski definition) is 1. The molecule has 1 N–H and O–H groups in total. The Hall–Kier alpha value is -0.520. The second kappa shape index (κ2) is 6.21. The molecule has 0 aromatic rings. The molecule has 0 radical (unpaired) electrons. The summed E-state index contributed by atoms with van der Waals surface area (Å²) in [6.07, 6.45) is 0. The standard InChI is InChI=1S/C9H17NO/c1-4-5-6-10(7-8-11)9(2)3/h9,11H,6-8H2,1-3H3. The van der Waals surface area contributed by atoms with Crippen molar-refractivity contribution in [2.24, 2.45) is 0 Å². The topological polar surface area (TPSA) is 23.5 Å². The molecular formula is C9H17NO. The van der Waals surface area contributed by atoms with Crippen molar-refractivity contribution >= 4 is 0 Å². The molecule has 0 aliphatic rings. The van der Waals surface area contributed by atoms with Gasteiger partial charge in [-0.05, 0) is 20.8 Å². The van der Waals surface area contributed by atoms with E-state index in [1.807, 2.05) is 6.92 Å². The highest BCUT2D eigenvalue weighted by atomic mass is 16.3. The van der Waals surface area contributed by atoms with Crippen molar-refractivity contribution in [3.05, 3.63) is 0 Å². The zero-order chi connectivity index (χ0) is 8.69. The summed E-state index contributed by atoms with van der Waals surface area (Å²) < 4.78 is 0. The Balaban J connectivity index is 3.75. The first-order valence-electron chi connectivity index (χ1n) is 3.97. The first-order valence-corrected chi connectivity index (χ1v) is 3.97. The Morgan fingerprint density at radius 3 is 2.45 bits per heavy atom. The largest absolute Gasteiger partial charge is 0.395 e. The predicted octanol–water partition coefficient (Wildman–Crippen LogP) is 0.712. The number of nitrogens with zero attached hydrogens (tertiary/aromatic N) is 1. The lowest BCUT2D eigenvalue weighted by Crippen LogP contribution is -2.33. The van der Waals surface area contributed by atoms with Crippen LogP contribution in [0.15, 0.2) is 0 Å². The van der Waals surface area contributed by atoms with E-state index < -0.39 is 0 Å². The van der Waals surface area contributed by atoms with E-state index in [0.29, 0.717) is 12.6 Å². The molecule has 0 atom stereocenters. The molecule has 2 nitrogen and oxygen atoms in total. The summed E-state index contributed by atoms with van der Waals surface area (Å²) in [5, 5.41) is 8.70. The zero-order valence-electron chi connectivity index (χ0n) is 7.59. The molecule has 0 unspecified atom stereocenters. The summed E-state index contributed by atoms with van der Waals surface area (Å²) >= 11 is 0. The summed E-state index contributed by atoms with van der Waals surface area (Å²) in [4.78, 5) is 2.14. The summed E-state index contributed by atoms with van der Waals surface area (Å²) in [5.74, 6) is 5.82. The highest BCUT2D eigenvalue weighted by Gasteiger charge is 2.05. The summed E-state index contributed by atoms with van der Waals surface area (Å²) in [6, 6.07) is 0.461. The van der Waals surface area contributed by atoms with Crippen molar-refractivity contribution in [1.29, 1.82) is 0 Å². The Kier molecular flexibility index (Phi) is 5.91. The monoisotopic (exact) mass is 155 g/mol. The normalized spacial score (nSPS) is 10.0. The lowest BCUT2D eigenvalue weighted by molar-refractivity contribution is 0.182. The van der Waals surface area contributed by atoms with Crippen LogP contribution in [0.2, 0.25) is 0 Å². The third-order valence-electron chi connectivity index (χ3n) is 1.58. The highest BCUT2D eigenvalue weighted by molar-refractivity contribution is 4.98. The quantitative estimate of drug-likeness (QED) is 0.604. The van der Waals surface area contributed by atoms with Gasteiger partial charge in [-0.15, -0.1) is 5.92 Å². The van der Waals surface area contributed by atoms with Crippen LogP contribution < -0.4 is 0 Å². The molecule has 0 saturated carbocycles. The summed E-state index contributed by atoms with van der Waals surface area (Å²) in [7, 11) is 0. The van der Waals surface area contributed by atoms with Crippen molar-refractivity contribution in [2.75, 3.05) is 19.7 Å². The van der Waals surface area contributed by atoms with Gasteiger partial charge in [0.05, 0.1) is 13.2 Å². The third kappa shape index (κ3) is 4.83. The first-order chi connectivity index (χ1) is 5.22. The lowest BCUT2D eigenvalue weighted by atomic mass is 10.3. The molecule has 64 valence electrons. The number of aliphatic hydroxyl groups is 1. The van der Waals surface area contributed by atoms with Gasteiger partial charge in [-0.3, -0.25) is 4.90 Å². The van der Waals surface area contributed by atoms with E-state index in [1.165, 1.54) is 0 Å². The SMILES string of the molecule is CC#CCN(CCO)C(C)C. The van der Waals surface area contributed by atoms with E-state index in [-0.39, 0.29) is 6.61 Å². The van der Waals surface area contributed by atoms with E-state index in [2.05, 4.69) is 30.6 Å². The smallest absolute Gasteiger partial charge is 0.0604 e. The zero-order valence-corrected chi connectivity index (χ0v) is 7.59. The van der Waals surface area contributed by atoms with Crippen LogP contribution in [0, 0.1) is 11.8 Å². The molecule has 11 heavy (non-hydrogen) atoms. The van der Waals surface area contributed by atoms with Gasteiger partial charge in [-0.1, -0.05) is 5.92 Å². The Morgan fingerprint density at radius 2 is 2.09 bits per heavy atom. The van der Waals surface area contributed by atoms with Gasteiger partial charge in [-0.25, -0.2) is 0 Å². The average Bonchev–Trinajstić information content (AvgIpc) is 1.97. The fourth-order valence-electron chi connectivity index (χ4n) is 0.829. The molecule has 0 aromatic carbocycles. The third-order valence-corrected chi connectivity index (χ3v) is 1.58. The Bertz CT molecular complexity index is 143. The molecule has 0 saturated heterocycles. The minimum Gasteiger partial charge on any atom is -0.395 e. The van der Waals surface area contributed by atoms with E-state index in [0.717, 1.165) is 6.54 Å². The van der Waals surface area contributed by atoms with Crippen LogP contribution in [-0.2, 0) is 0 Å². The van der Waals surface area contributed by atoms with Gasteiger partial charge in [0.1, 0.15) is 0 Å². The van der Waals surface area contributed by atoms with Gasteiger partial charge in [0.2, 0.25) is 0 Å². The molecule has 0 spiro atoms. The average molecular weight is 155 g/mol. The van der Waals surface area contributed by atoms with Crippen LogP contribution in [0.1, 0.15) is 20.8 Å². The van der Waals surface area contributed by atoms with Crippen molar-refractivity contribution in [3.63, 3.8) is 0 Å². The van der Waals surface area contributed by atoms with Crippen LogP contribution in [0.3, 0.4) is 0 Å². The number of hydrogen-bond acceptors (Lipinski definition) is 2. The number of aliphatic hydroxyl groups excluding tert-OH is 1. The molecule has 0 aliphatic carbocycles. The van der Waals surface area contributed by atoms with Crippen molar-refractivity contribution in [3.8, 4) is 11.8 Å². The molecule has 0 amide bonds. The van der Waals surface area contributed by atoms with E-state index in [9.17, 15) is 0 Å². The van der Waals surface area contributed by atoms with E-state index >= 15 is 0 Å². The molecule has 0 aliphatic heterocycles. The fourth-order valence-corrected chi connectivity index (χ4v) is 0.829. The van der Waals surface area contributed by atoms with Crippen LogP contribution >= 0.6 is 0 Å². The van der Waals surface area contributed by atoms with E-state index in [4.69, 9.17) is 5.11 Å². The summed E-state index contributed by atoms with van der Waals surface area (Å²) in [6.45, 7) is 7.72. The maximum atomic E-state index is 8.70. The van der Waals surface area contributed by atoms with Crippen LogP contribution in [-0.4, -0.2) is 35.7 Å². The van der Waals surface area contributed by atoms with Crippen molar-refractivity contribution in [2.45, 2.75) is 26.8 Å². The molecule has 2 heteroatoms. The minimum atomic E-state index is 0.212. The second-order valence-electron chi connectivity index (χ2n) is 2.71. The van der Waals surface area contributed by atoms with Gasteiger partial charge >= 0.3 is 0 Å². The molecule has 0 fully saturated rings. The maximum absolute atomic E-state index is 8.70. The minimum absolute atomic E-state index is 0.212. The molecule has 0 heterocycles. The van der Waals surface area contributed by atoms with Crippen molar-refractivity contribution in [1.82, 2.24) is 4.90 Å². The van der Waals surface area contributed by atoms with Gasteiger partial charge in [0, 0.05) is 12.6 Å². The maximum Gasteiger partial charge on any atom is 0.0604 e. The van der Waals surface area contributed by atoms with Gasteiger partial charge in [0.25, 0.3) is 0 Å². The van der Waals surface area contributed by atoms with Gasteiger partial charge in [0.15, 0.2) is 0 Å². The summed E-state index contributed by atoms with van der Waals surface area (Å²) in [5.41, 5.74) is 0. The Labute approximate surface area is 69.2 Å². The van der Waals surface area contributed by atoms with Gasteiger partial charge in [-0.2, -0.15) is 0 Å². The van der Waals surface area contributed by atoms with Crippen molar-refractivity contribution < 1.29 is 5.11 Å². The van der Waals surface area contributed by atoms with Crippen LogP contribution in [0.25, 0.3) is 0 Å². The lowest BCUT2D eigenvalue weighted by Gasteiger charge is -2.22. The Morgan fingerprint density at radius 1 is 1.45 bits per heavy atom. The van der Waals surface area contributed by atoms with Crippen LogP contribution in [0.5, 0.6) is 0 Å².